The van der Waals surface area contributed by atoms with Gasteiger partial charge in [-0.15, -0.1) is 0 Å². The van der Waals surface area contributed by atoms with Gasteiger partial charge in [0.25, 0.3) is 0 Å². The Labute approximate surface area is 127 Å². The first-order valence-electron chi connectivity index (χ1n) is 6.53. The van der Waals surface area contributed by atoms with E-state index in [1.807, 2.05) is 24.3 Å². The minimum Gasteiger partial charge on any atom is -0.495 e. The van der Waals surface area contributed by atoms with Crippen LogP contribution < -0.4 is 15.0 Å². The Hall–Kier alpha value is -0.910. The van der Waals surface area contributed by atoms with Crippen LogP contribution in [-0.2, 0) is 12.6 Å². The highest BCUT2D eigenvalue weighted by Gasteiger charge is 1.97. The number of anilines is 1. The molecule has 0 spiro atoms. The Kier molecular flexibility index (Phi) is 10.4. The molecule has 0 amide bonds. The lowest BCUT2D eigenvalue weighted by molar-refractivity contribution is -0.894. The van der Waals surface area contributed by atoms with Gasteiger partial charge in [0.15, 0.2) is 0 Å². The van der Waals surface area contributed by atoms with E-state index in [0.29, 0.717) is 4.32 Å². The molecule has 1 rings (SSSR count). The summed E-state index contributed by atoms with van der Waals surface area (Å²) in [7, 11) is 1.60. The lowest BCUT2D eigenvalue weighted by Crippen LogP contribution is -3.11. The molecular weight excluding hydrogens is 276 g/mol. The molecule has 0 atom stereocenters. The number of para-hydroxylation sites is 2. The van der Waals surface area contributed by atoms with E-state index in [2.05, 4.69) is 26.1 Å². The topological polar surface area (TPSA) is 25.7 Å². The van der Waals surface area contributed by atoms with Crippen molar-refractivity contribution >= 4 is 34.9 Å². The second-order valence-corrected chi connectivity index (χ2v) is 5.00. The smallest absolute Gasteiger partial charge is 0.142 e. The number of quaternary nitrogens is 1. The summed E-state index contributed by atoms with van der Waals surface area (Å²) in [6.45, 7) is 10.5. The summed E-state index contributed by atoms with van der Waals surface area (Å²) in [6, 6.07) is 7.47. The van der Waals surface area contributed by atoms with Gasteiger partial charge in [0.05, 0.1) is 32.4 Å². The molecule has 0 heterocycles. The highest BCUT2D eigenvalue weighted by molar-refractivity contribution is 8.00. The third-order valence-corrected chi connectivity index (χ3v) is 3.05. The first kappa shape index (κ1) is 18.1. The van der Waals surface area contributed by atoms with Crippen LogP contribution in [0, 0.1) is 0 Å². The normalized spacial score (nSPS) is 9.53. The van der Waals surface area contributed by atoms with Gasteiger partial charge in [-0.25, -0.2) is 0 Å². The molecule has 0 saturated carbocycles. The monoisotopic (exact) mass is 300 g/mol. The maximum Gasteiger partial charge on any atom is 0.142 e. The second kappa shape index (κ2) is 11.0. The third kappa shape index (κ3) is 7.97. The third-order valence-electron chi connectivity index (χ3n) is 2.84. The molecule has 0 bridgehead atoms. The molecule has 1 aromatic rings. The van der Waals surface area contributed by atoms with Gasteiger partial charge >= 0.3 is 0 Å². The van der Waals surface area contributed by atoms with Crippen LogP contribution in [0.15, 0.2) is 24.3 Å². The summed E-state index contributed by atoms with van der Waals surface area (Å²) >= 11 is 9.47. The van der Waals surface area contributed by atoms with Gasteiger partial charge in [0.2, 0.25) is 0 Å². The van der Waals surface area contributed by atoms with Crippen molar-refractivity contribution in [2.45, 2.75) is 20.8 Å². The molecule has 108 valence electrons. The van der Waals surface area contributed by atoms with Crippen molar-refractivity contribution in [1.82, 2.24) is 0 Å². The van der Waals surface area contributed by atoms with E-state index in [9.17, 15) is 0 Å². The predicted molar refractivity (Wildman–Crippen MR) is 89.2 cm³/mol. The number of nitrogens with one attached hydrogen (secondary N) is 2. The summed E-state index contributed by atoms with van der Waals surface area (Å²) < 4.78 is 5.40. The van der Waals surface area contributed by atoms with Crippen molar-refractivity contribution in [3.05, 3.63) is 24.3 Å². The van der Waals surface area contributed by atoms with E-state index in [4.69, 9.17) is 29.6 Å². The largest absolute Gasteiger partial charge is 0.495 e. The lowest BCUT2D eigenvalue weighted by Gasteiger charge is -2.12. The Morgan fingerprint density at radius 3 is 2.11 bits per heavy atom. The van der Waals surface area contributed by atoms with Crippen molar-refractivity contribution in [3.63, 3.8) is 0 Å². The molecule has 0 fully saturated rings. The van der Waals surface area contributed by atoms with Crippen LogP contribution >= 0.6 is 12.2 Å². The Morgan fingerprint density at radius 2 is 1.74 bits per heavy atom. The summed E-state index contributed by atoms with van der Waals surface area (Å²) in [5, 5.41) is 2.85. The molecule has 0 aliphatic carbocycles. The van der Waals surface area contributed by atoms with Crippen LogP contribution in [0.1, 0.15) is 20.8 Å². The Bertz CT molecular complexity index is 363. The van der Waals surface area contributed by atoms with Gasteiger partial charge in [0, 0.05) is 0 Å². The summed E-state index contributed by atoms with van der Waals surface area (Å²) in [5.74, 6) is 0.740. The van der Waals surface area contributed by atoms with Crippen LogP contribution in [0.25, 0.3) is 0 Å². The average molecular weight is 300 g/mol. The van der Waals surface area contributed by atoms with E-state index in [0.717, 1.165) is 11.4 Å². The summed E-state index contributed by atoms with van der Waals surface area (Å²) in [6.07, 6.45) is 0. The van der Waals surface area contributed by atoms with Crippen LogP contribution in [0.5, 0.6) is 5.75 Å². The van der Waals surface area contributed by atoms with Crippen molar-refractivity contribution < 1.29 is 9.64 Å². The van der Waals surface area contributed by atoms with E-state index in [1.165, 1.54) is 19.6 Å². The van der Waals surface area contributed by atoms with Crippen LogP contribution in [0.2, 0.25) is 0 Å². The van der Waals surface area contributed by atoms with Gasteiger partial charge in [-0.2, -0.15) is 0 Å². The molecule has 0 aliphatic heterocycles. The zero-order valence-electron chi connectivity index (χ0n) is 12.2. The molecule has 19 heavy (non-hydrogen) atoms. The summed E-state index contributed by atoms with van der Waals surface area (Å²) in [4.78, 5) is 1.68. The molecule has 2 N–H and O–H groups in total. The highest BCUT2D eigenvalue weighted by Crippen LogP contribution is 2.22. The molecule has 0 aromatic heterocycles. The average Bonchev–Trinajstić information content (AvgIpc) is 2.41. The SMILES string of the molecule is CC[NH+](CC)CC.COc1ccccc1NC(=S)[S-]. The van der Waals surface area contributed by atoms with Crippen molar-refractivity contribution in [2.75, 3.05) is 32.1 Å². The Balaban J connectivity index is 0.000000399. The molecule has 1 aromatic carbocycles. The lowest BCUT2D eigenvalue weighted by atomic mass is 10.3. The minimum absolute atomic E-state index is 0.319. The standard InChI is InChI=1S/C8H9NOS2.C6H15N/c1-10-7-5-3-2-4-6(7)9-8(11)12;1-4-7(5-2)6-3/h2-5H,1H3,(H2,9,11,12);4-6H2,1-3H3. The quantitative estimate of drug-likeness (QED) is 0.641. The number of rotatable bonds is 5. The zero-order chi connectivity index (χ0) is 14.7. The van der Waals surface area contributed by atoms with E-state index >= 15 is 0 Å². The Morgan fingerprint density at radius 1 is 1.21 bits per heavy atom. The second-order valence-electron chi connectivity index (χ2n) is 3.92. The van der Waals surface area contributed by atoms with Gasteiger partial charge in [-0.1, -0.05) is 16.5 Å². The number of hydrogen-bond donors (Lipinski definition) is 2. The fraction of sp³-hybridized carbons (Fsp3) is 0.500. The van der Waals surface area contributed by atoms with Crippen molar-refractivity contribution in [3.8, 4) is 5.75 Å². The number of hydrogen-bond acceptors (Lipinski definition) is 3. The van der Waals surface area contributed by atoms with Gasteiger partial charge in [0.1, 0.15) is 5.75 Å². The maximum atomic E-state index is 5.08. The van der Waals surface area contributed by atoms with Gasteiger partial charge in [-0.05, 0) is 32.9 Å². The van der Waals surface area contributed by atoms with Crippen LogP contribution in [0.3, 0.4) is 0 Å². The molecule has 0 unspecified atom stereocenters. The first-order valence-corrected chi connectivity index (χ1v) is 7.35. The number of methoxy groups -OCH3 is 1. The molecule has 0 saturated heterocycles. The van der Waals surface area contributed by atoms with Crippen molar-refractivity contribution in [2.24, 2.45) is 0 Å². The molecule has 0 aliphatic rings. The first-order chi connectivity index (χ1) is 9.08. The predicted octanol–water partition coefficient (Wildman–Crippen LogP) is 1.87. The molecular formula is C14H24N2OS2. The molecule has 0 radical (unpaired) electrons. The number of thiocarbonyl (C=S) groups is 1. The van der Waals surface area contributed by atoms with E-state index in [1.54, 1.807) is 12.0 Å². The number of ether oxygens (including phenoxy) is 1. The van der Waals surface area contributed by atoms with Gasteiger partial charge in [-0.3, -0.25) is 0 Å². The van der Waals surface area contributed by atoms with Gasteiger partial charge < -0.3 is 39.8 Å². The zero-order valence-corrected chi connectivity index (χ0v) is 13.8. The molecule has 3 nitrogen and oxygen atoms in total. The van der Waals surface area contributed by atoms with Crippen LogP contribution in [0.4, 0.5) is 5.69 Å². The summed E-state index contributed by atoms with van der Waals surface area (Å²) in [5.41, 5.74) is 0.806. The molecule has 5 heteroatoms. The van der Waals surface area contributed by atoms with Crippen LogP contribution in [-0.4, -0.2) is 31.1 Å². The fourth-order valence-corrected chi connectivity index (χ4v) is 1.83. The van der Waals surface area contributed by atoms with E-state index in [-0.39, 0.29) is 0 Å². The maximum absolute atomic E-state index is 5.08. The minimum atomic E-state index is 0.319. The van der Waals surface area contributed by atoms with E-state index < -0.39 is 0 Å². The number of benzene rings is 1. The fourth-order valence-electron chi connectivity index (χ4n) is 1.61. The highest BCUT2D eigenvalue weighted by atomic mass is 32.1. The van der Waals surface area contributed by atoms with Crippen molar-refractivity contribution in [1.29, 1.82) is 0 Å².